The summed E-state index contributed by atoms with van der Waals surface area (Å²) in [7, 11) is 0. The summed E-state index contributed by atoms with van der Waals surface area (Å²) in [6.45, 7) is 0. The van der Waals surface area contributed by atoms with Crippen LogP contribution in [0.2, 0.25) is 0 Å². The van der Waals surface area contributed by atoms with Gasteiger partial charge in [-0.15, -0.1) is 24.8 Å². The van der Waals surface area contributed by atoms with Crippen molar-refractivity contribution in [3.05, 3.63) is 77.9 Å². The zero-order valence-electron chi connectivity index (χ0n) is 11.8. The molecule has 0 amide bonds. The summed E-state index contributed by atoms with van der Waals surface area (Å²) < 4.78 is 40.4. The highest BCUT2D eigenvalue weighted by atomic mass is 35.5. The lowest BCUT2D eigenvalue weighted by Crippen LogP contribution is -2.17. The van der Waals surface area contributed by atoms with Crippen molar-refractivity contribution in [3.8, 4) is 5.75 Å². The SMILES string of the molecule is FC(F)(F)Oc1ccc(C(Cl)c2cccc3ccccc23)cc1. The zero-order chi connectivity index (χ0) is 16.4. The molecule has 1 atom stereocenters. The smallest absolute Gasteiger partial charge is 0.406 e. The van der Waals surface area contributed by atoms with Gasteiger partial charge in [0.2, 0.25) is 0 Å². The first kappa shape index (κ1) is 15.7. The second-order valence-electron chi connectivity index (χ2n) is 5.05. The maximum Gasteiger partial charge on any atom is 0.573 e. The molecule has 0 aromatic heterocycles. The molecule has 3 aromatic carbocycles. The Morgan fingerprint density at radius 1 is 0.826 bits per heavy atom. The summed E-state index contributed by atoms with van der Waals surface area (Å²) >= 11 is 6.53. The van der Waals surface area contributed by atoms with Crippen LogP contribution < -0.4 is 4.74 Å². The standard InChI is InChI=1S/C18H12ClF3O/c19-17(13-8-10-14(11-9-13)23-18(20,21)22)16-7-3-5-12-4-1-2-6-15(12)16/h1-11,17H. The van der Waals surface area contributed by atoms with Crippen molar-refractivity contribution in [3.63, 3.8) is 0 Å². The van der Waals surface area contributed by atoms with Crippen molar-refractivity contribution in [1.29, 1.82) is 0 Å². The van der Waals surface area contributed by atoms with E-state index in [1.54, 1.807) is 12.1 Å². The average Bonchev–Trinajstić information content (AvgIpc) is 2.53. The molecule has 1 nitrogen and oxygen atoms in total. The molecule has 0 aliphatic rings. The Kier molecular flexibility index (Phi) is 4.18. The third kappa shape index (κ3) is 3.59. The number of alkyl halides is 4. The molecular weight excluding hydrogens is 325 g/mol. The summed E-state index contributed by atoms with van der Waals surface area (Å²) in [5.41, 5.74) is 1.62. The molecule has 0 fully saturated rings. The fraction of sp³-hybridized carbons (Fsp3) is 0.111. The van der Waals surface area contributed by atoms with Crippen LogP contribution in [0.4, 0.5) is 13.2 Å². The van der Waals surface area contributed by atoms with Crippen LogP contribution in [0.15, 0.2) is 66.7 Å². The van der Waals surface area contributed by atoms with Crippen LogP contribution in [0.5, 0.6) is 5.75 Å². The van der Waals surface area contributed by atoms with Crippen LogP contribution >= 0.6 is 11.6 Å². The molecule has 0 aliphatic carbocycles. The average molecular weight is 337 g/mol. The Morgan fingerprint density at radius 2 is 1.48 bits per heavy atom. The number of benzene rings is 3. The van der Waals surface area contributed by atoms with Crippen LogP contribution in [0.1, 0.15) is 16.5 Å². The van der Waals surface area contributed by atoms with E-state index in [0.29, 0.717) is 5.56 Å². The van der Waals surface area contributed by atoms with Gasteiger partial charge in [0.15, 0.2) is 0 Å². The van der Waals surface area contributed by atoms with Gasteiger partial charge < -0.3 is 4.74 Å². The molecule has 3 rings (SSSR count). The number of hydrogen-bond donors (Lipinski definition) is 0. The first-order chi connectivity index (χ1) is 10.9. The molecule has 118 valence electrons. The van der Waals surface area contributed by atoms with Crippen molar-refractivity contribution in [1.82, 2.24) is 0 Å². The van der Waals surface area contributed by atoms with Gasteiger partial charge in [0.05, 0.1) is 5.38 Å². The predicted molar refractivity (Wildman–Crippen MR) is 84.8 cm³/mol. The molecule has 3 aromatic rings. The summed E-state index contributed by atoms with van der Waals surface area (Å²) in [5, 5.41) is 1.62. The molecular formula is C18H12ClF3O. The molecule has 0 aliphatic heterocycles. The van der Waals surface area contributed by atoms with Crippen LogP contribution in [0, 0.1) is 0 Å². The van der Waals surface area contributed by atoms with Gasteiger partial charge in [-0.1, -0.05) is 54.6 Å². The molecule has 0 saturated carbocycles. The van der Waals surface area contributed by atoms with Crippen LogP contribution in [0.25, 0.3) is 10.8 Å². The normalized spacial score (nSPS) is 13.0. The highest BCUT2D eigenvalue weighted by Crippen LogP contribution is 2.35. The highest BCUT2D eigenvalue weighted by molar-refractivity contribution is 6.23. The molecule has 0 radical (unpaired) electrons. The fourth-order valence-electron chi connectivity index (χ4n) is 2.49. The first-order valence-electron chi connectivity index (χ1n) is 6.91. The monoisotopic (exact) mass is 336 g/mol. The number of halogens is 4. The second kappa shape index (κ2) is 6.13. The maximum absolute atomic E-state index is 12.2. The number of ether oxygens (including phenoxy) is 1. The van der Waals surface area contributed by atoms with Gasteiger partial charge in [-0.25, -0.2) is 0 Å². The van der Waals surface area contributed by atoms with Crippen LogP contribution in [0.3, 0.4) is 0 Å². The van der Waals surface area contributed by atoms with E-state index in [4.69, 9.17) is 11.6 Å². The quantitative estimate of drug-likeness (QED) is 0.528. The fourth-order valence-corrected chi connectivity index (χ4v) is 2.83. The van der Waals surface area contributed by atoms with Gasteiger partial charge in [0, 0.05) is 0 Å². The van der Waals surface area contributed by atoms with E-state index in [1.165, 1.54) is 12.1 Å². The number of rotatable bonds is 3. The van der Waals surface area contributed by atoms with Gasteiger partial charge in [0.1, 0.15) is 5.75 Å². The van der Waals surface area contributed by atoms with Crippen LogP contribution in [-0.2, 0) is 0 Å². The minimum absolute atomic E-state index is 0.261. The van der Waals surface area contributed by atoms with Crippen molar-refractivity contribution in [2.45, 2.75) is 11.7 Å². The van der Waals surface area contributed by atoms with Gasteiger partial charge in [-0.3, -0.25) is 0 Å². The van der Waals surface area contributed by atoms with Gasteiger partial charge >= 0.3 is 6.36 Å². The molecule has 5 heteroatoms. The summed E-state index contributed by atoms with van der Waals surface area (Å²) in [6, 6.07) is 19.3. The van der Waals surface area contributed by atoms with Crippen molar-refractivity contribution in [2.75, 3.05) is 0 Å². The van der Waals surface area contributed by atoms with E-state index in [1.807, 2.05) is 42.5 Å². The van der Waals surface area contributed by atoms with E-state index in [9.17, 15) is 13.2 Å². The Hall–Kier alpha value is -2.20. The third-order valence-electron chi connectivity index (χ3n) is 3.50. The zero-order valence-corrected chi connectivity index (χ0v) is 12.6. The van der Waals surface area contributed by atoms with E-state index in [-0.39, 0.29) is 5.75 Å². The molecule has 0 bridgehead atoms. The Balaban J connectivity index is 1.92. The second-order valence-corrected chi connectivity index (χ2v) is 5.48. The molecule has 23 heavy (non-hydrogen) atoms. The third-order valence-corrected chi connectivity index (χ3v) is 3.99. The van der Waals surface area contributed by atoms with Gasteiger partial charge in [-0.2, -0.15) is 0 Å². The number of hydrogen-bond acceptors (Lipinski definition) is 1. The molecule has 0 saturated heterocycles. The van der Waals surface area contributed by atoms with Gasteiger partial charge in [-0.05, 0) is 34.0 Å². The Labute approximate surface area is 136 Å². The topological polar surface area (TPSA) is 9.23 Å². The van der Waals surface area contributed by atoms with Crippen molar-refractivity contribution in [2.24, 2.45) is 0 Å². The predicted octanol–water partition coefficient (Wildman–Crippen LogP) is 6.07. The van der Waals surface area contributed by atoms with Gasteiger partial charge in [0.25, 0.3) is 0 Å². The minimum Gasteiger partial charge on any atom is -0.406 e. The summed E-state index contributed by atoms with van der Waals surface area (Å²) in [5.74, 6) is -0.261. The Bertz CT molecular complexity index is 807. The van der Waals surface area contributed by atoms with Crippen molar-refractivity contribution < 1.29 is 17.9 Å². The molecule has 0 heterocycles. The molecule has 1 unspecified atom stereocenters. The first-order valence-corrected chi connectivity index (χ1v) is 7.35. The van der Waals surface area contributed by atoms with E-state index >= 15 is 0 Å². The minimum atomic E-state index is -4.70. The van der Waals surface area contributed by atoms with E-state index in [0.717, 1.165) is 16.3 Å². The lowest BCUT2D eigenvalue weighted by Gasteiger charge is -2.14. The highest BCUT2D eigenvalue weighted by Gasteiger charge is 2.31. The van der Waals surface area contributed by atoms with Crippen molar-refractivity contribution >= 4 is 22.4 Å². The molecule has 0 N–H and O–H groups in total. The number of fused-ring (bicyclic) bond motifs is 1. The largest absolute Gasteiger partial charge is 0.573 e. The lowest BCUT2D eigenvalue weighted by molar-refractivity contribution is -0.274. The maximum atomic E-state index is 12.2. The summed E-state index contributed by atoms with van der Waals surface area (Å²) in [4.78, 5) is 0. The van der Waals surface area contributed by atoms with E-state index in [2.05, 4.69) is 4.74 Å². The van der Waals surface area contributed by atoms with E-state index < -0.39 is 11.7 Å². The summed E-state index contributed by atoms with van der Waals surface area (Å²) in [6.07, 6.45) is -4.70. The molecule has 0 spiro atoms. The lowest BCUT2D eigenvalue weighted by atomic mass is 9.98. The Morgan fingerprint density at radius 3 is 2.17 bits per heavy atom. The van der Waals surface area contributed by atoms with Crippen LogP contribution in [-0.4, -0.2) is 6.36 Å².